The van der Waals surface area contributed by atoms with Gasteiger partial charge in [-0.1, -0.05) is 32.1 Å². The predicted molar refractivity (Wildman–Crippen MR) is 124 cm³/mol. The lowest BCUT2D eigenvalue weighted by Gasteiger charge is -2.60. The maximum absolute atomic E-state index is 13.4. The summed E-state index contributed by atoms with van der Waals surface area (Å²) in [7, 11) is 1.90. The molecule has 4 aliphatic rings. The van der Waals surface area contributed by atoms with Crippen LogP contribution in [0.2, 0.25) is 0 Å². The molecule has 2 amide bonds. The van der Waals surface area contributed by atoms with Crippen molar-refractivity contribution in [3.8, 4) is 0 Å². The van der Waals surface area contributed by atoms with E-state index in [2.05, 4.69) is 25.2 Å². The first-order chi connectivity index (χ1) is 16.0. The summed E-state index contributed by atoms with van der Waals surface area (Å²) in [5.74, 6) is 0.766. The van der Waals surface area contributed by atoms with Gasteiger partial charge in [0, 0.05) is 24.4 Å². The second kappa shape index (κ2) is 7.85. The number of benzene rings is 1. The first-order valence-corrected chi connectivity index (χ1v) is 12.4. The monoisotopic (exact) mass is 474 g/mol. The first kappa shape index (κ1) is 23.4. The number of carbonyl (C=O) groups is 2. The van der Waals surface area contributed by atoms with Gasteiger partial charge in [0.05, 0.1) is 11.3 Å². The first-order valence-electron chi connectivity index (χ1n) is 12.4. The summed E-state index contributed by atoms with van der Waals surface area (Å²) in [5.41, 5.74) is -1.25. The van der Waals surface area contributed by atoms with Crippen LogP contribution in [0.15, 0.2) is 36.4 Å². The largest absolute Gasteiger partial charge is 0.418 e. The molecule has 4 nitrogen and oxygen atoms in total. The zero-order valence-corrected chi connectivity index (χ0v) is 20.0. The fourth-order valence-corrected chi connectivity index (χ4v) is 8.23. The average molecular weight is 475 g/mol. The zero-order valence-electron chi connectivity index (χ0n) is 20.0. The highest BCUT2D eigenvalue weighted by Crippen LogP contribution is 2.65. The molecule has 7 heteroatoms. The van der Waals surface area contributed by atoms with Gasteiger partial charge in [0.1, 0.15) is 0 Å². The van der Waals surface area contributed by atoms with E-state index in [4.69, 9.17) is 0 Å². The summed E-state index contributed by atoms with van der Waals surface area (Å²) < 4.78 is 40.3. The van der Waals surface area contributed by atoms with E-state index in [1.807, 2.05) is 11.9 Å². The Kier molecular flexibility index (Phi) is 5.41. The van der Waals surface area contributed by atoms with Gasteiger partial charge in [0.2, 0.25) is 11.8 Å². The van der Waals surface area contributed by atoms with E-state index >= 15 is 0 Å². The lowest BCUT2D eigenvalue weighted by molar-refractivity contribution is -0.141. The number of fused-ring (bicyclic) bond motifs is 5. The molecule has 0 aromatic heterocycles. The van der Waals surface area contributed by atoms with Crippen LogP contribution in [0.25, 0.3) is 0 Å². The molecule has 5 rings (SSSR count). The number of para-hydroxylation sites is 1. The Morgan fingerprint density at radius 2 is 1.79 bits per heavy atom. The van der Waals surface area contributed by atoms with E-state index in [1.165, 1.54) is 18.2 Å². The highest BCUT2D eigenvalue weighted by molar-refractivity contribution is 5.94. The molecule has 0 radical (unpaired) electrons. The van der Waals surface area contributed by atoms with Crippen LogP contribution in [0.5, 0.6) is 0 Å². The van der Waals surface area contributed by atoms with Gasteiger partial charge in [-0.05, 0) is 79.9 Å². The van der Waals surface area contributed by atoms with E-state index in [0.29, 0.717) is 24.2 Å². The minimum atomic E-state index is -4.51. The second-order valence-corrected chi connectivity index (χ2v) is 11.3. The zero-order chi connectivity index (χ0) is 24.5. The van der Waals surface area contributed by atoms with Crippen molar-refractivity contribution in [1.29, 1.82) is 0 Å². The number of nitrogens with one attached hydrogen (secondary N) is 1. The molecule has 0 saturated heterocycles. The van der Waals surface area contributed by atoms with Gasteiger partial charge in [0.25, 0.3) is 0 Å². The molecule has 34 heavy (non-hydrogen) atoms. The maximum Gasteiger partial charge on any atom is 0.418 e. The molecule has 3 saturated carbocycles. The summed E-state index contributed by atoms with van der Waals surface area (Å²) in [4.78, 5) is 27.5. The van der Waals surface area contributed by atoms with Crippen molar-refractivity contribution in [1.82, 2.24) is 4.90 Å². The molecule has 1 N–H and O–H groups in total. The van der Waals surface area contributed by atoms with E-state index in [1.54, 1.807) is 6.08 Å². The molecule has 1 aromatic carbocycles. The van der Waals surface area contributed by atoms with Crippen molar-refractivity contribution in [2.24, 2.45) is 34.5 Å². The smallest absolute Gasteiger partial charge is 0.338 e. The van der Waals surface area contributed by atoms with Crippen molar-refractivity contribution in [2.45, 2.75) is 64.6 Å². The number of amides is 2. The number of rotatable bonds is 2. The number of likely N-dealkylation sites (N-methyl/N-ethyl adjacent to an activating group) is 1. The molecule has 7 unspecified atom stereocenters. The Balaban J connectivity index is 1.38. The van der Waals surface area contributed by atoms with Crippen molar-refractivity contribution in [2.75, 3.05) is 12.4 Å². The number of nitrogens with zero attached hydrogens (tertiary/aromatic N) is 1. The molecule has 0 spiro atoms. The number of carbonyl (C=O) groups excluding carboxylic acids is 2. The predicted octanol–water partition coefficient (Wildman–Crippen LogP) is 5.90. The van der Waals surface area contributed by atoms with Gasteiger partial charge >= 0.3 is 6.18 Å². The van der Waals surface area contributed by atoms with Gasteiger partial charge < -0.3 is 10.2 Å². The van der Waals surface area contributed by atoms with Crippen LogP contribution in [-0.4, -0.2) is 29.8 Å². The van der Waals surface area contributed by atoms with Crippen LogP contribution in [-0.2, 0) is 15.8 Å². The lowest BCUT2D eigenvalue weighted by atomic mass is 9.47. The SMILES string of the molecule is CN1C(=O)C=CC2(C)C3CCC4(C)C(C(=O)Nc5ccccc5C(F)(F)F)CCC4C3CCC12. The molecule has 1 aromatic rings. The Hall–Kier alpha value is -2.31. The molecule has 0 bridgehead atoms. The quantitative estimate of drug-likeness (QED) is 0.580. The highest BCUT2D eigenvalue weighted by atomic mass is 19.4. The molecule has 7 atom stereocenters. The van der Waals surface area contributed by atoms with Gasteiger partial charge in [-0.25, -0.2) is 0 Å². The molecule has 3 aliphatic carbocycles. The number of hydrogen-bond acceptors (Lipinski definition) is 2. The molecule has 1 aliphatic heterocycles. The van der Waals surface area contributed by atoms with Crippen molar-refractivity contribution < 1.29 is 22.8 Å². The third-order valence-corrected chi connectivity index (χ3v) is 9.93. The Bertz CT molecular complexity index is 1040. The van der Waals surface area contributed by atoms with Crippen LogP contribution in [0.3, 0.4) is 0 Å². The van der Waals surface area contributed by atoms with Gasteiger partial charge in [-0.3, -0.25) is 9.59 Å². The van der Waals surface area contributed by atoms with E-state index in [-0.39, 0.29) is 40.3 Å². The van der Waals surface area contributed by atoms with Gasteiger partial charge in [-0.15, -0.1) is 0 Å². The number of hydrogen-bond donors (Lipinski definition) is 1. The maximum atomic E-state index is 13.4. The van der Waals surface area contributed by atoms with Crippen LogP contribution in [0.1, 0.15) is 57.9 Å². The molecule has 184 valence electrons. The number of anilines is 1. The normalized spacial score (nSPS) is 39.3. The highest BCUT2D eigenvalue weighted by Gasteiger charge is 2.61. The fourth-order valence-electron chi connectivity index (χ4n) is 8.23. The van der Waals surface area contributed by atoms with E-state index in [9.17, 15) is 22.8 Å². The summed E-state index contributed by atoms with van der Waals surface area (Å²) in [6.07, 6.45) is 4.80. The third kappa shape index (κ3) is 3.41. The van der Waals surface area contributed by atoms with Crippen LogP contribution >= 0.6 is 0 Å². The Labute approximate surface area is 199 Å². The molecular formula is C27H33F3N2O2. The molecule has 3 fully saturated rings. The van der Waals surface area contributed by atoms with Crippen molar-refractivity contribution in [3.05, 3.63) is 42.0 Å². The average Bonchev–Trinajstić information content (AvgIpc) is 3.13. The van der Waals surface area contributed by atoms with Crippen molar-refractivity contribution >= 4 is 17.5 Å². The third-order valence-electron chi connectivity index (χ3n) is 9.93. The van der Waals surface area contributed by atoms with Crippen molar-refractivity contribution in [3.63, 3.8) is 0 Å². The lowest BCUT2D eigenvalue weighted by Crippen LogP contribution is -2.59. The van der Waals surface area contributed by atoms with Gasteiger partial charge in [-0.2, -0.15) is 13.2 Å². The number of alkyl halides is 3. The minimum absolute atomic E-state index is 0.0679. The van der Waals surface area contributed by atoms with Gasteiger partial charge in [0.15, 0.2) is 0 Å². The molecule has 1 heterocycles. The Morgan fingerprint density at radius 1 is 1.06 bits per heavy atom. The second-order valence-electron chi connectivity index (χ2n) is 11.3. The summed E-state index contributed by atoms with van der Waals surface area (Å²) in [6.45, 7) is 4.46. The van der Waals surface area contributed by atoms with Crippen LogP contribution in [0, 0.1) is 34.5 Å². The topological polar surface area (TPSA) is 49.4 Å². The van der Waals surface area contributed by atoms with E-state index < -0.39 is 11.7 Å². The van der Waals surface area contributed by atoms with Crippen LogP contribution in [0.4, 0.5) is 18.9 Å². The summed E-state index contributed by atoms with van der Waals surface area (Å²) >= 11 is 0. The summed E-state index contributed by atoms with van der Waals surface area (Å²) in [5, 5.41) is 2.64. The Morgan fingerprint density at radius 3 is 2.53 bits per heavy atom. The standard InChI is InChI=1S/C27H33F3N2O2/c1-25-14-12-18-16(8-11-22-26(18,2)15-13-23(33)32(22)3)17(25)9-10-20(25)24(34)31-21-7-5-4-6-19(21)27(28,29)30/h4-7,13,15-18,20,22H,8-12,14H2,1-3H3,(H,31,34). The fraction of sp³-hybridized carbons (Fsp3) is 0.630. The summed E-state index contributed by atoms with van der Waals surface area (Å²) in [6, 6.07) is 5.41. The molecular weight excluding hydrogens is 441 g/mol. The van der Waals surface area contributed by atoms with E-state index in [0.717, 1.165) is 38.2 Å². The minimum Gasteiger partial charge on any atom is -0.338 e. The number of halogens is 3. The van der Waals surface area contributed by atoms with Crippen LogP contribution < -0.4 is 5.32 Å².